The van der Waals surface area contributed by atoms with E-state index in [1.165, 1.54) is 0 Å². The van der Waals surface area contributed by atoms with Crippen LogP contribution < -0.4 is 9.47 Å². The molecule has 0 unspecified atom stereocenters. The molecule has 0 spiro atoms. The molecule has 2 aromatic rings. The van der Waals surface area contributed by atoms with Crippen LogP contribution in [-0.4, -0.2) is 42.7 Å². The van der Waals surface area contributed by atoms with Crippen LogP contribution >= 0.6 is 0 Å². The lowest BCUT2D eigenvalue weighted by Gasteiger charge is -2.21. The zero-order valence-corrected chi connectivity index (χ0v) is 17.1. The second-order valence-electron chi connectivity index (χ2n) is 8.54. The van der Waals surface area contributed by atoms with Gasteiger partial charge in [0, 0.05) is 6.54 Å². The Hall–Kier alpha value is -2.60. The van der Waals surface area contributed by atoms with E-state index < -0.39 is 5.82 Å². The third kappa shape index (κ3) is 3.76. The molecular formula is C24H26FNO4. The second kappa shape index (κ2) is 7.91. The first kappa shape index (κ1) is 19.4. The molecule has 30 heavy (non-hydrogen) atoms. The van der Waals surface area contributed by atoms with Gasteiger partial charge in [-0.15, -0.1) is 0 Å². The molecule has 0 bridgehead atoms. The number of carbonyl (C=O) groups excluding carboxylic acids is 1. The van der Waals surface area contributed by atoms with Gasteiger partial charge in [-0.05, 0) is 49.3 Å². The number of hydrogen-bond acceptors (Lipinski definition) is 4. The van der Waals surface area contributed by atoms with Gasteiger partial charge in [-0.3, -0.25) is 4.79 Å². The molecule has 0 radical (unpaired) electrons. The first-order valence-corrected chi connectivity index (χ1v) is 10.7. The number of benzene rings is 2. The molecule has 2 heterocycles. The topological polar surface area (TPSA) is 48.0 Å². The van der Waals surface area contributed by atoms with Gasteiger partial charge in [0.1, 0.15) is 17.9 Å². The Morgan fingerprint density at radius 3 is 2.80 bits per heavy atom. The van der Waals surface area contributed by atoms with E-state index in [0.29, 0.717) is 50.0 Å². The lowest BCUT2D eigenvalue weighted by molar-refractivity contribution is 0.0436. The maximum atomic E-state index is 14.9. The molecule has 6 heteroatoms. The third-order valence-electron chi connectivity index (χ3n) is 6.14. The fraction of sp³-hybridized carbons (Fsp3) is 0.458. The number of ether oxygens (including phenoxy) is 3. The Morgan fingerprint density at radius 1 is 1.23 bits per heavy atom. The predicted octanol–water partition coefficient (Wildman–Crippen LogP) is 4.12. The number of hydrogen-bond donors (Lipinski definition) is 0. The molecular weight excluding hydrogens is 385 g/mol. The predicted molar refractivity (Wildman–Crippen MR) is 109 cm³/mol. The molecule has 158 valence electrons. The van der Waals surface area contributed by atoms with E-state index in [1.54, 1.807) is 17.9 Å². The lowest BCUT2D eigenvalue weighted by Crippen LogP contribution is -2.37. The number of nitrogens with zero attached hydrogens (tertiary/aromatic N) is 1. The molecule has 0 aromatic heterocycles. The summed E-state index contributed by atoms with van der Waals surface area (Å²) in [6.07, 6.45) is 2.81. The van der Waals surface area contributed by atoms with E-state index >= 15 is 0 Å². The standard InChI is InChI=1S/C24H26FNO4/c1-15-9-20-21(23(22(15)25)30-13-17-7-8-17)24(27)26-11-19(10-18(26)14-29-20)28-12-16-5-3-2-4-6-16/h2-6,9,17-19H,7-8,10-14H2,1H3/t18-,19+/m1/s1. The summed E-state index contributed by atoms with van der Waals surface area (Å²) in [6, 6.07) is 11.5. The van der Waals surface area contributed by atoms with E-state index in [9.17, 15) is 9.18 Å². The quantitative estimate of drug-likeness (QED) is 0.718. The number of carbonyl (C=O) groups is 1. The van der Waals surface area contributed by atoms with Gasteiger partial charge in [-0.1, -0.05) is 30.3 Å². The first-order valence-electron chi connectivity index (χ1n) is 10.7. The Kier molecular flexibility index (Phi) is 5.11. The highest BCUT2D eigenvalue weighted by Crippen LogP contribution is 2.40. The number of halogens is 1. The van der Waals surface area contributed by atoms with Crippen LogP contribution in [0.15, 0.2) is 36.4 Å². The molecule has 5 rings (SSSR count). The number of fused-ring (bicyclic) bond motifs is 2. The van der Waals surface area contributed by atoms with E-state index in [-0.39, 0.29) is 29.4 Å². The Balaban J connectivity index is 1.35. The fourth-order valence-corrected chi connectivity index (χ4v) is 4.19. The number of amides is 1. The van der Waals surface area contributed by atoms with E-state index in [1.807, 2.05) is 30.3 Å². The Labute approximate surface area is 175 Å². The van der Waals surface area contributed by atoms with Gasteiger partial charge in [0.05, 0.1) is 25.4 Å². The van der Waals surface area contributed by atoms with Crippen LogP contribution in [0, 0.1) is 18.7 Å². The minimum Gasteiger partial charge on any atom is -0.490 e. The van der Waals surface area contributed by atoms with Gasteiger partial charge in [-0.2, -0.15) is 0 Å². The van der Waals surface area contributed by atoms with Gasteiger partial charge in [-0.25, -0.2) is 4.39 Å². The van der Waals surface area contributed by atoms with Crippen LogP contribution in [0.1, 0.15) is 40.7 Å². The van der Waals surface area contributed by atoms with Crippen molar-refractivity contribution in [2.24, 2.45) is 5.92 Å². The fourth-order valence-electron chi connectivity index (χ4n) is 4.19. The summed E-state index contributed by atoms with van der Waals surface area (Å²) in [4.78, 5) is 15.2. The van der Waals surface area contributed by atoms with Crippen molar-refractivity contribution < 1.29 is 23.4 Å². The maximum absolute atomic E-state index is 14.9. The summed E-state index contributed by atoms with van der Waals surface area (Å²) < 4.78 is 32.8. The third-order valence-corrected chi connectivity index (χ3v) is 6.14. The normalized spacial score (nSPS) is 22.9. The van der Waals surface area contributed by atoms with Gasteiger partial charge in [0.25, 0.3) is 5.91 Å². The average Bonchev–Trinajstić information content (AvgIpc) is 3.51. The maximum Gasteiger partial charge on any atom is 0.261 e. The molecule has 1 amide bonds. The highest BCUT2D eigenvalue weighted by atomic mass is 19.1. The summed E-state index contributed by atoms with van der Waals surface area (Å²) in [5.74, 6) is 0.207. The minimum atomic E-state index is -0.471. The summed E-state index contributed by atoms with van der Waals surface area (Å²) in [5.41, 5.74) is 1.74. The second-order valence-corrected chi connectivity index (χ2v) is 8.54. The van der Waals surface area contributed by atoms with Crippen molar-refractivity contribution in [2.45, 2.75) is 44.9 Å². The Morgan fingerprint density at radius 2 is 2.03 bits per heavy atom. The molecule has 0 N–H and O–H groups in total. The summed E-state index contributed by atoms with van der Waals surface area (Å²) in [5, 5.41) is 0. The molecule has 2 aliphatic heterocycles. The molecule has 2 atom stereocenters. The zero-order valence-electron chi connectivity index (χ0n) is 17.1. The number of rotatable bonds is 6. The largest absolute Gasteiger partial charge is 0.490 e. The van der Waals surface area contributed by atoms with Crippen molar-refractivity contribution >= 4 is 5.91 Å². The molecule has 5 nitrogen and oxygen atoms in total. The van der Waals surface area contributed by atoms with Crippen LogP contribution in [0.25, 0.3) is 0 Å². The summed E-state index contributed by atoms with van der Waals surface area (Å²) in [6.45, 7) is 3.45. The molecule has 3 aliphatic rings. The first-order chi connectivity index (χ1) is 14.6. The molecule has 2 fully saturated rings. The van der Waals surface area contributed by atoms with Gasteiger partial charge in [0.2, 0.25) is 0 Å². The molecule has 1 saturated heterocycles. The Bertz CT molecular complexity index is 944. The SMILES string of the molecule is Cc1cc2c(c(OCC3CC3)c1F)C(=O)N1C[C@@H](OCc3ccccc3)C[C@@H]1CO2. The van der Waals surface area contributed by atoms with Crippen molar-refractivity contribution in [1.82, 2.24) is 4.90 Å². The smallest absolute Gasteiger partial charge is 0.261 e. The van der Waals surface area contributed by atoms with Crippen molar-refractivity contribution in [3.63, 3.8) is 0 Å². The molecule has 2 aromatic carbocycles. The van der Waals surface area contributed by atoms with Gasteiger partial charge < -0.3 is 19.1 Å². The van der Waals surface area contributed by atoms with Crippen molar-refractivity contribution in [3.8, 4) is 11.5 Å². The molecule has 1 aliphatic carbocycles. The van der Waals surface area contributed by atoms with Gasteiger partial charge in [0.15, 0.2) is 11.6 Å². The lowest BCUT2D eigenvalue weighted by atomic mass is 10.1. The van der Waals surface area contributed by atoms with E-state index in [0.717, 1.165) is 18.4 Å². The number of aryl methyl sites for hydroxylation is 1. The van der Waals surface area contributed by atoms with Crippen molar-refractivity contribution in [2.75, 3.05) is 19.8 Å². The van der Waals surface area contributed by atoms with Crippen molar-refractivity contribution in [1.29, 1.82) is 0 Å². The summed E-state index contributed by atoms with van der Waals surface area (Å²) >= 11 is 0. The summed E-state index contributed by atoms with van der Waals surface area (Å²) in [7, 11) is 0. The monoisotopic (exact) mass is 411 g/mol. The van der Waals surface area contributed by atoms with Crippen LogP contribution in [0.4, 0.5) is 4.39 Å². The van der Waals surface area contributed by atoms with Crippen molar-refractivity contribution in [3.05, 3.63) is 58.9 Å². The highest BCUT2D eigenvalue weighted by molar-refractivity contribution is 6.00. The van der Waals surface area contributed by atoms with Crippen LogP contribution in [0.3, 0.4) is 0 Å². The zero-order chi connectivity index (χ0) is 20.7. The van der Waals surface area contributed by atoms with E-state index in [2.05, 4.69) is 0 Å². The van der Waals surface area contributed by atoms with Crippen LogP contribution in [0.2, 0.25) is 0 Å². The van der Waals surface area contributed by atoms with E-state index in [4.69, 9.17) is 14.2 Å². The molecule has 1 saturated carbocycles. The average molecular weight is 411 g/mol. The van der Waals surface area contributed by atoms with Crippen LogP contribution in [-0.2, 0) is 11.3 Å². The van der Waals surface area contributed by atoms with Gasteiger partial charge >= 0.3 is 0 Å². The van der Waals surface area contributed by atoms with Crippen LogP contribution in [0.5, 0.6) is 11.5 Å². The minimum absolute atomic E-state index is 0.0382. The highest BCUT2D eigenvalue weighted by Gasteiger charge is 2.42.